The first-order chi connectivity index (χ1) is 51.9. The van der Waals surface area contributed by atoms with Crippen LogP contribution in [0.4, 0.5) is 33.6 Å². The van der Waals surface area contributed by atoms with Gasteiger partial charge in [0.05, 0.1) is 67.4 Å². The van der Waals surface area contributed by atoms with Crippen LogP contribution in [0.1, 0.15) is 67.3 Å². The highest BCUT2D eigenvalue weighted by atomic mass is 32.2. The summed E-state index contributed by atoms with van der Waals surface area (Å²) in [6.07, 6.45) is 1.54. The third-order valence-electron chi connectivity index (χ3n) is 16.2. The standard InChI is InChI=1S/C14H16N2O4.C13H15NO4.C9H15NO6S.C9H15NO5.C8H9NO4S.C7H13NO5.C7H13NO4S/c1-16-8-9(10-5-3-4-6-12(10)16)7-11(13(17)18)15-14(19)20-2;1-18-13(17)14-11(12(15)16)10-6-8-4-2-3-5-9(8)7-10;1-16-9(13)10-7(8(11)12)6-2-4-17(14,15)5-3-6;1-14-9(13)10-7(8(11)12)6-2-4-15-5-3-6;1-13-8(12)9-6(7(10)11)5-2-3-14-4-5;1-4(12-2)5(6(9)10)8-7(11)13-3;1-12-7(11)8-5(6(9)10)3-4-13-2/h3-6,8,11H,7H2,1-2H3,(H,15,19)(H,17,18);2-5,10-11H,6-7H2,1H3,(H,14,17)(H,15,16);6-7H,2-5H2,1H3,(H,10,13)(H,11,12);6-7H,2-5H2,1H3,(H,10,13)(H,11,12);2-4,6H,1H3,(H,9,12)(H,10,11);4-5H,1-3H3,(H,8,11)(H,9,10);5H,3-4H2,1-2H3,(H,8,11)(H,9,10)/t2*11-;;7-;;4-,5+;5-/m10.1.10/s1. The van der Waals surface area contributed by atoms with Gasteiger partial charge in [-0.1, -0.05) is 42.5 Å². The minimum absolute atomic E-state index is 0.0374. The number of amides is 7. The molecule has 4 heterocycles. The van der Waals surface area contributed by atoms with Gasteiger partial charge in [0.2, 0.25) is 0 Å². The van der Waals surface area contributed by atoms with Crippen LogP contribution in [0.2, 0.25) is 0 Å². The smallest absolute Gasteiger partial charge is 0.407 e. The largest absolute Gasteiger partial charge is 0.480 e. The number of aryl methyl sites for hydroxylation is 1. The highest BCUT2D eigenvalue weighted by Crippen LogP contribution is 2.30. The van der Waals surface area contributed by atoms with Crippen molar-refractivity contribution in [3.63, 3.8) is 0 Å². The van der Waals surface area contributed by atoms with Gasteiger partial charge in [0.1, 0.15) is 40.0 Å². The predicted octanol–water partition coefficient (Wildman–Crippen LogP) is 4.19. The molecule has 1 aliphatic carbocycles. The predicted molar refractivity (Wildman–Crippen MR) is 390 cm³/mol. The summed E-state index contributed by atoms with van der Waals surface area (Å²) in [5, 5.41) is 82.6. The van der Waals surface area contributed by atoms with E-state index in [1.165, 1.54) is 72.7 Å². The number of methoxy groups -OCH3 is 8. The van der Waals surface area contributed by atoms with E-state index in [0.717, 1.165) is 41.8 Å². The summed E-state index contributed by atoms with van der Waals surface area (Å²) in [6.45, 7) is 2.61. The van der Waals surface area contributed by atoms with Crippen molar-refractivity contribution in [3.8, 4) is 0 Å². The molecule has 0 bridgehead atoms. The molecular formula is C67H96N8O32S3. The molecule has 614 valence electrons. The summed E-state index contributed by atoms with van der Waals surface area (Å²) in [7, 11) is 8.52. The molecule has 14 N–H and O–H groups in total. The van der Waals surface area contributed by atoms with Crippen LogP contribution < -0.4 is 37.2 Å². The number of carbonyl (C=O) groups is 14. The molecule has 2 fully saturated rings. The number of carboxylic acids is 7. The van der Waals surface area contributed by atoms with Crippen LogP contribution in [0.25, 0.3) is 10.9 Å². The lowest BCUT2D eigenvalue weighted by Crippen LogP contribution is -2.48. The summed E-state index contributed by atoms with van der Waals surface area (Å²) < 4.78 is 64.7. The summed E-state index contributed by atoms with van der Waals surface area (Å²) in [6, 6.07) is 10.3. The summed E-state index contributed by atoms with van der Waals surface area (Å²) in [4.78, 5) is 153. The van der Waals surface area contributed by atoms with Gasteiger partial charge in [0.15, 0.2) is 12.1 Å². The number of ether oxygens (including phenoxy) is 9. The van der Waals surface area contributed by atoms with Crippen molar-refractivity contribution in [1.29, 1.82) is 0 Å². The number of fused-ring (bicyclic) bond motifs is 2. The summed E-state index contributed by atoms with van der Waals surface area (Å²) >= 11 is 2.89. The molecule has 110 heavy (non-hydrogen) atoms. The van der Waals surface area contributed by atoms with E-state index in [2.05, 4.69) is 70.4 Å². The molecular weight excluding hydrogens is 1520 g/mol. The Balaban J connectivity index is 0.000000646. The lowest BCUT2D eigenvalue weighted by Gasteiger charge is -2.27. The molecule has 2 saturated heterocycles. The van der Waals surface area contributed by atoms with Crippen LogP contribution >= 0.6 is 23.1 Å². The minimum atomic E-state index is -3.05. The summed E-state index contributed by atoms with van der Waals surface area (Å²) in [5.74, 6) is -7.65. The first-order valence-corrected chi connectivity index (χ1v) is 37.0. The van der Waals surface area contributed by atoms with Gasteiger partial charge in [0, 0.05) is 50.9 Å². The van der Waals surface area contributed by atoms with Crippen molar-refractivity contribution in [1.82, 2.24) is 41.8 Å². The number of benzene rings is 2. The molecule has 7 amide bonds. The maximum absolute atomic E-state index is 11.2. The molecule has 2 aromatic heterocycles. The maximum atomic E-state index is 11.2. The van der Waals surface area contributed by atoms with Crippen molar-refractivity contribution in [2.24, 2.45) is 24.8 Å². The SMILES string of the molecule is COC(=O)NC(C(=O)O)C1CCS(=O)(=O)CC1.COC(=O)NC(C(=O)O)c1ccsc1.COC(=O)N[C@@H](C(=O)O)C1CCOCC1.COC(=O)N[C@@H](CCSC)C(=O)O.COC(=O)N[C@H](C(=O)O)C1Cc2ccccc2C1.COC(=O)N[C@H](C(=O)O)[C@@H](C)OC.COC(=O)N[C@H](Cc1cn(C)c2ccccc12)C(=O)O. The van der Waals surface area contributed by atoms with E-state index in [9.17, 15) is 85.8 Å². The van der Waals surface area contributed by atoms with Gasteiger partial charge >= 0.3 is 84.4 Å². The highest BCUT2D eigenvalue weighted by molar-refractivity contribution is 7.98. The van der Waals surface area contributed by atoms with Crippen molar-refractivity contribution in [2.75, 3.05) is 93.6 Å². The Morgan fingerprint density at radius 3 is 1.33 bits per heavy atom. The van der Waals surface area contributed by atoms with Crippen molar-refractivity contribution in [3.05, 3.63) is 93.8 Å². The first-order valence-electron chi connectivity index (χ1n) is 32.9. The number of nitrogens with one attached hydrogen (secondary N) is 7. The van der Waals surface area contributed by atoms with Crippen LogP contribution in [-0.4, -0.2) is 269 Å². The van der Waals surface area contributed by atoms with Crippen LogP contribution in [0.3, 0.4) is 0 Å². The fraction of sp³-hybridized carbons (Fsp3) is 0.522. The molecule has 3 aliphatic rings. The van der Waals surface area contributed by atoms with Gasteiger partial charge in [-0.05, 0) is 127 Å². The number of nitrogens with zero attached hydrogens (tertiary/aromatic N) is 1. The molecule has 0 saturated carbocycles. The zero-order valence-corrected chi connectivity index (χ0v) is 64.4. The van der Waals surface area contributed by atoms with E-state index in [-0.39, 0.29) is 48.5 Å². The number of alkyl carbamates (subject to hydrolysis) is 7. The fourth-order valence-corrected chi connectivity index (χ4v) is 13.0. The van der Waals surface area contributed by atoms with Crippen LogP contribution in [0.5, 0.6) is 0 Å². The zero-order chi connectivity index (χ0) is 83.4. The van der Waals surface area contributed by atoms with E-state index >= 15 is 0 Å². The number of hydrogen-bond acceptors (Lipinski definition) is 27. The Hall–Kier alpha value is -10.9. The van der Waals surface area contributed by atoms with E-state index in [1.54, 1.807) is 16.8 Å². The molecule has 0 spiro atoms. The molecule has 0 radical (unpaired) electrons. The number of aliphatic carboxylic acids is 7. The zero-order valence-electron chi connectivity index (χ0n) is 62.0. The molecule has 43 heteroatoms. The van der Waals surface area contributed by atoms with Crippen LogP contribution in [-0.2, 0) is 112 Å². The third kappa shape index (κ3) is 35.9. The van der Waals surface area contributed by atoms with Gasteiger partial charge in [-0.2, -0.15) is 23.1 Å². The number of carbonyl (C=O) groups excluding carboxylic acids is 7. The number of hydrogen-bond donors (Lipinski definition) is 14. The molecule has 2 unspecified atom stereocenters. The number of aromatic nitrogens is 1. The normalized spacial score (nSPS) is 15.3. The Bertz CT molecular complexity index is 3720. The number of rotatable bonds is 25. The van der Waals surface area contributed by atoms with Crippen LogP contribution in [0.15, 0.2) is 71.6 Å². The molecule has 2 aliphatic heterocycles. The average Bonchev–Trinajstić information content (AvgIpc) is 1.64. The monoisotopic (exact) mass is 1620 g/mol. The maximum Gasteiger partial charge on any atom is 0.407 e. The highest BCUT2D eigenvalue weighted by Gasteiger charge is 2.37. The van der Waals surface area contributed by atoms with E-state index < -0.39 is 143 Å². The fourth-order valence-electron chi connectivity index (χ4n) is 10.3. The Kier molecular flexibility index (Phi) is 45.4. The van der Waals surface area contributed by atoms with E-state index in [4.69, 9.17) is 35.0 Å². The van der Waals surface area contributed by atoms with Crippen LogP contribution in [0, 0.1) is 17.8 Å². The summed E-state index contributed by atoms with van der Waals surface area (Å²) in [5.41, 5.74) is 4.73. The van der Waals surface area contributed by atoms with Gasteiger partial charge in [-0.3, -0.25) is 0 Å². The second-order valence-electron chi connectivity index (χ2n) is 23.4. The average molecular weight is 1620 g/mol. The number of thiophene rings is 1. The van der Waals surface area contributed by atoms with E-state index in [0.29, 0.717) is 56.6 Å². The number of thioether (sulfide) groups is 1. The van der Waals surface area contributed by atoms with Crippen molar-refractivity contribution < 1.29 is 154 Å². The van der Waals surface area contributed by atoms with Gasteiger partial charge in [0.25, 0.3) is 0 Å². The van der Waals surface area contributed by atoms with Gasteiger partial charge in [-0.25, -0.2) is 75.5 Å². The quantitative estimate of drug-likeness (QED) is 0.0414. The topological polar surface area (TPSA) is 587 Å². The second-order valence-corrected chi connectivity index (χ2v) is 27.5. The Morgan fingerprint density at radius 1 is 0.518 bits per heavy atom. The number of carboxylic acid groups (broad SMARTS) is 7. The Morgan fingerprint density at radius 2 is 0.927 bits per heavy atom. The van der Waals surface area contributed by atoms with Crippen molar-refractivity contribution in [2.45, 2.75) is 107 Å². The minimum Gasteiger partial charge on any atom is -0.480 e. The lowest BCUT2D eigenvalue weighted by molar-refractivity contribution is -0.143. The van der Waals surface area contributed by atoms with Gasteiger partial charge in [-0.15, -0.1) is 0 Å². The lowest BCUT2D eigenvalue weighted by atomic mass is 9.92. The third-order valence-corrected chi connectivity index (χ3v) is 19.3. The van der Waals surface area contributed by atoms with Gasteiger partial charge < -0.3 is 120 Å². The molecule has 4 aromatic rings. The number of para-hydroxylation sites is 1. The number of sulfone groups is 1. The molecule has 2 aromatic carbocycles. The Labute approximate surface area is 640 Å². The first kappa shape index (κ1) is 97.1. The molecule has 40 nitrogen and oxygen atoms in total. The van der Waals surface area contributed by atoms with E-state index in [1.807, 2.05) is 72.6 Å². The molecule has 8 atom stereocenters. The van der Waals surface area contributed by atoms with Crippen molar-refractivity contribution >= 4 is 128 Å². The second kappa shape index (κ2) is 51.4. The molecule has 7 rings (SSSR count).